The van der Waals surface area contributed by atoms with E-state index < -0.39 is 0 Å². The molecule has 0 aliphatic heterocycles. The predicted molar refractivity (Wildman–Crippen MR) is 39.7 cm³/mol. The van der Waals surface area contributed by atoms with Gasteiger partial charge in [0.2, 0.25) is 0 Å². The molecule has 0 aromatic carbocycles. The van der Waals surface area contributed by atoms with Crippen LogP contribution in [0.2, 0.25) is 0 Å². The summed E-state index contributed by atoms with van der Waals surface area (Å²) >= 11 is 0. The summed E-state index contributed by atoms with van der Waals surface area (Å²) < 4.78 is 0. The molecule has 0 saturated carbocycles. The molecule has 0 heteroatoms. The molecule has 0 N–H and O–H groups in total. The van der Waals surface area contributed by atoms with Crippen molar-refractivity contribution < 1.29 is 0 Å². The molecule has 44 valence electrons. The van der Waals surface area contributed by atoms with Gasteiger partial charge in [0.25, 0.3) is 0 Å². The van der Waals surface area contributed by atoms with Crippen molar-refractivity contribution in [2.75, 3.05) is 0 Å². The van der Waals surface area contributed by atoms with E-state index in [0.29, 0.717) is 0 Å². The first-order chi connectivity index (χ1) is 4.43. The Balaban J connectivity index is 2.72. The number of allylic oxidation sites excluding steroid dienone is 6. The van der Waals surface area contributed by atoms with Crippen molar-refractivity contribution in [3.63, 3.8) is 0 Å². The minimum atomic E-state index is 0.181. The van der Waals surface area contributed by atoms with Crippen molar-refractivity contribution in [1.82, 2.24) is 0 Å². The molecule has 0 spiro atoms. The van der Waals surface area contributed by atoms with E-state index in [1.54, 1.807) is 0 Å². The van der Waals surface area contributed by atoms with E-state index in [2.05, 4.69) is 5.92 Å². The molecule has 0 unspecified atom stereocenters. The van der Waals surface area contributed by atoms with Gasteiger partial charge < -0.3 is 0 Å². The van der Waals surface area contributed by atoms with Crippen LogP contribution in [0, 0.1) is 18.3 Å². The SMILES string of the molecule is C#CC1C=CC=CC=C1. The fourth-order valence-electron chi connectivity index (χ4n) is 0.671. The standard InChI is InChI=1S/C9H8/c1-2-9-7-5-3-4-6-8-9/h1,3-9H. The van der Waals surface area contributed by atoms with Gasteiger partial charge in [-0.3, -0.25) is 0 Å². The molecule has 1 aliphatic carbocycles. The van der Waals surface area contributed by atoms with Crippen LogP contribution in [0.4, 0.5) is 0 Å². The minimum absolute atomic E-state index is 0.181. The van der Waals surface area contributed by atoms with Crippen molar-refractivity contribution in [1.29, 1.82) is 0 Å². The van der Waals surface area contributed by atoms with Crippen LogP contribution >= 0.6 is 0 Å². The highest BCUT2D eigenvalue weighted by molar-refractivity contribution is 5.24. The lowest BCUT2D eigenvalue weighted by molar-refractivity contribution is 1.12. The van der Waals surface area contributed by atoms with Crippen LogP contribution in [0.1, 0.15) is 0 Å². The van der Waals surface area contributed by atoms with Crippen molar-refractivity contribution >= 4 is 0 Å². The second-order valence-electron chi connectivity index (χ2n) is 1.85. The van der Waals surface area contributed by atoms with Crippen molar-refractivity contribution in [3.05, 3.63) is 36.5 Å². The number of terminal acetylenes is 1. The van der Waals surface area contributed by atoms with E-state index in [-0.39, 0.29) is 5.92 Å². The second-order valence-corrected chi connectivity index (χ2v) is 1.85. The van der Waals surface area contributed by atoms with Gasteiger partial charge in [0.15, 0.2) is 0 Å². The molecule has 0 atom stereocenters. The van der Waals surface area contributed by atoms with E-state index in [9.17, 15) is 0 Å². The molecule has 0 saturated heterocycles. The van der Waals surface area contributed by atoms with Gasteiger partial charge in [-0.05, 0) is 0 Å². The Morgan fingerprint density at radius 2 is 1.56 bits per heavy atom. The summed E-state index contributed by atoms with van der Waals surface area (Å²) in [6.45, 7) is 0. The molecular formula is C9H8. The Morgan fingerprint density at radius 1 is 1.00 bits per heavy atom. The molecule has 0 bridgehead atoms. The highest BCUT2D eigenvalue weighted by Gasteiger charge is 1.91. The minimum Gasteiger partial charge on any atom is -0.119 e. The third-order valence-corrected chi connectivity index (χ3v) is 1.16. The normalized spacial score (nSPS) is 17.2. The summed E-state index contributed by atoms with van der Waals surface area (Å²) in [4.78, 5) is 0. The van der Waals surface area contributed by atoms with Crippen LogP contribution in [0.25, 0.3) is 0 Å². The maximum atomic E-state index is 5.19. The van der Waals surface area contributed by atoms with E-state index >= 15 is 0 Å². The fraction of sp³-hybridized carbons (Fsp3) is 0.111. The third kappa shape index (κ3) is 1.62. The zero-order valence-corrected chi connectivity index (χ0v) is 5.12. The molecule has 0 aromatic rings. The first-order valence-corrected chi connectivity index (χ1v) is 2.91. The van der Waals surface area contributed by atoms with Crippen LogP contribution < -0.4 is 0 Å². The van der Waals surface area contributed by atoms with Crippen LogP contribution in [-0.2, 0) is 0 Å². The molecule has 0 nitrogen and oxygen atoms in total. The summed E-state index contributed by atoms with van der Waals surface area (Å²) in [6, 6.07) is 0. The molecule has 0 radical (unpaired) electrons. The smallest absolute Gasteiger partial charge is 0.0566 e. The van der Waals surface area contributed by atoms with E-state index in [1.165, 1.54) is 0 Å². The lowest BCUT2D eigenvalue weighted by Crippen LogP contribution is -1.82. The van der Waals surface area contributed by atoms with Crippen LogP contribution in [0.15, 0.2) is 36.5 Å². The predicted octanol–water partition coefficient (Wildman–Crippen LogP) is 1.92. The highest BCUT2D eigenvalue weighted by atomic mass is 13.9. The summed E-state index contributed by atoms with van der Waals surface area (Å²) in [5.74, 6) is 2.81. The molecule has 1 rings (SSSR count). The number of rotatable bonds is 0. The molecule has 9 heavy (non-hydrogen) atoms. The van der Waals surface area contributed by atoms with E-state index in [0.717, 1.165) is 0 Å². The average molecular weight is 116 g/mol. The molecule has 0 amide bonds. The Hall–Kier alpha value is -1.22. The molecule has 0 fully saturated rings. The molecule has 1 aliphatic rings. The molecule has 0 heterocycles. The topological polar surface area (TPSA) is 0 Å². The van der Waals surface area contributed by atoms with Gasteiger partial charge >= 0.3 is 0 Å². The van der Waals surface area contributed by atoms with Gasteiger partial charge in [-0.15, -0.1) is 6.42 Å². The Bertz CT molecular complexity index is 183. The Labute approximate surface area is 55.6 Å². The maximum Gasteiger partial charge on any atom is 0.0566 e. The maximum absolute atomic E-state index is 5.19. The van der Waals surface area contributed by atoms with Gasteiger partial charge in [0, 0.05) is 0 Å². The first kappa shape index (κ1) is 5.91. The van der Waals surface area contributed by atoms with E-state index in [1.807, 2.05) is 36.5 Å². The summed E-state index contributed by atoms with van der Waals surface area (Å²) in [6.07, 6.45) is 17.0. The average Bonchev–Trinajstić information content (AvgIpc) is 2.13. The van der Waals surface area contributed by atoms with Crippen molar-refractivity contribution in [3.8, 4) is 12.3 Å². The van der Waals surface area contributed by atoms with Gasteiger partial charge in [0.1, 0.15) is 0 Å². The number of hydrogen-bond acceptors (Lipinski definition) is 0. The van der Waals surface area contributed by atoms with E-state index in [4.69, 9.17) is 6.42 Å². The fourth-order valence-corrected chi connectivity index (χ4v) is 0.671. The van der Waals surface area contributed by atoms with Gasteiger partial charge in [-0.25, -0.2) is 0 Å². The lowest BCUT2D eigenvalue weighted by atomic mass is 10.1. The first-order valence-electron chi connectivity index (χ1n) is 2.91. The largest absolute Gasteiger partial charge is 0.119 e. The second kappa shape index (κ2) is 2.94. The van der Waals surface area contributed by atoms with Crippen LogP contribution in [0.5, 0.6) is 0 Å². The molecule has 0 aromatic heterocycles. The lowest BCUT2D eigenvalue weighted by Gasteiger charge is -1.90. The third-order valence-electron chi connectivity index (χ3n) is 1.16. The summed E-state index contributed by atoms with van der Waals surface area (Å²) in [7, 11) is 0. The summed E-state index contributed by atoms with van der Waals surface area (Å²) in [5.41, 5.74) is 0. The highest BCUT2D eigenvalue weighted by Crippen LogP contribution is 2.02. The monoisotopic (exact) mass is 116 g/mol. The summed E-state index contributed by atoms with van der Waals surface area (Å²) in [5, 5.41) is 0. The van der Waals surface area contributed by atoms with Gasteiger partial charge in [0.05, 0.1) is 5.92 Å². The van der Waals surface area contributed by atoms with Crippen LogP contribution in [0.3, 0.4) is 0 Å². The zero-order valence-electron chi connectivity index (χ0n) is 5.12. The van der Waals surface area contributed by atoms with Gasteiger partial charge in [-0.1, -0.05) is 42.4 Å². The van der Waals surface area contributed by atoms with Gasteiger partial charge in [-0.2, -0.15) is 0 Å². The number of hydrogen-bond donors (Lipinski definition) is 0. The Kier molecular flexibility index (Phi) is 1.93. The van der Waals surface area contributed by atoms with Crippen molar-refractivity contribution in [2.24, 2.45) is 5.92 Å². The Morgan fingerprint density at radius 3 is 2.00 bits per heavy atom. The zero-order chi connectivity index (χ0) is 6.53. The van der Waals surface area contributed by atoms with Crippen LogP contribution in [-0.4, -0.2) is 0 Å². The molecular weight excluding hydrogens is 108 g/mol. The van der Waals surface area contributed by atoms with Crippen molar-refractivity contribution in [2.45, 2.75) is 0 Å². The quantitative estimate of drug-likeness (QED) is 0.424.